The fourth-order valence-electron chi connectivity index (χ4n) is 3.48. The average Bonchev–Trinajstić information content (AvgIpc) is 3.16. The minimum Gasteiger partial charge on any atom is -0.507 e. The van der Waals surface area contributed by atoms with Crippen LogP contribution in [0, 0.1) is 0 Å². The quantitative estimate of drug-likeness (QED) is 0.890. The second-order valence-electron chi connectivity index (χ2n) is 5.79. The van der Waals surface area contributed by atoms with Gasteiger partial charge in [0.15, 0.2) is 0 Å². The van der Waals surface area contributed by atoms with Crippen LogP contribution in [0.1, 0.15) is 36.0 Å². The van der Waals surface area contributed by atoms with E-state index in [1.54, 1.807) is 19.2 Å². The van der Waals surface area contributed by atoms with Crippen molar-refractivity contribution in [3.8, 4) is 11.5 Å². The molecule has 0 aliphatic carbocycles. The Morgan fingerprint density at radius 2 is 2.24 bits per heavy atom. The number of carbonyl (C=O) groups is 1. The average molecular weight is 290 g/mol. The number of likely N-dealkylation sites (tertiary alicyclic amines) is 1. The topological polar surface area (TPSA) is 61.8 Å². The van der Waals surface area contributed by atoms with Crippen LogP contribution in [0.5, 0.6) is 11.5 Å². The zero-order valence-corrected chi connectivity index (χ0v) is 12.3. The van der Waals surface area contributed by atoms with Gasteiger partial charge in [0.1, 0.15) is 11.5 Å². The van der Waals surface area contributed by atoms with Crippen LogP contribution in [0.25, 0.3) is 0 Å². The summed E-state index contributed by atoms with van der Waals surface area (Å²) in [4.78, 5) is 14.7. The maximum absolute atomic E-state index is 12.7. The molecule has 0 aromatic heterocycles. The molecule has 2 saturated heterocycles. The molecule has 5 heteroatoms. The summed E-state index contributed by atoms with van der Waals surface area (Å²) in [5.41, 5.74) is 0.362. The zero-order valence-electron chi connectivity index (χ0n) is 12.3. The van der Waals surface area contributed by atoms with E-state index in [2.05, 4.69) is 5.32 Å². The van der Waals surface area contributed by atoms with Crippen molar-refractivity contribution in [3.05, 3.63) is 23.8 Å². The van der Waals surface area contributed by atoms with Crippen molar-refractivity contribution in [2.45, 2.75) is 37.8 Å². The van der Waals surface area contributed by atoms with Gasteiger partial charge in [-0.25, -0.2) is 0 Å². The van der Waals surface area contributed by atoms with Gasteiger partial charge in [0.25, 0.3) is 5.91 Å². The van der Waals surface area contributed by atoms with Crippen LogP contribution < -0.4 is 10.1 Å². The molecule has 2 aliphatic rings. The van der Waals surface area contributed by atoms with Crippen molar-refractivity contribution >= 4 is 5.91 Å². The number of carbonyl (C=O) groups excluding carboxylic acids is 1. The number of hydrogen-bond donors (Lipinski definition) is 2. The van der Waals surface area contributed by atoms with E-state index >= 15 is 0 Å². The highest BCUT2D eigenvalue weighted by molar-refractivity contribution is 5.97. The number of benzene rings is 1. The molecule has 1 aromatic carbocycles. The Balaban J connectivity index is 1.80. The van der Waals surface area contributed by atoms with Crippen molar-refractivity contribution < 1.29 is 14.6 Å². The third kappa shape index (κ3) is 2.70. The minimum absolute atomic E-state index is 0.00983. The number of ether oxygens (including phenoxy) is 1. The molecule has 2 heterocycles. The van der Waals surface area contributed by atoms with E-state index in [9.17, 15) is 9.90 Å². The molecule has 0 radical (unpaired) electrons. The van der Waals surface area contributed by atoms with Crippen LogP contribution in [-0.2, 0) is 0 Å². The van der Waals surface area contributed by atoms with Crippen molar-refractivity contribution in [2.24, 2.45) is 0 Å². The first-order valence-corrected chi connectivity index (χ1v) is 7.62. The Hall–Kier alpha value is -1.75. The summed E-state index contributed by atoms with van der Waals surface area (Å²) in [5.74, 6) is 0.468. The first-order valence-electron chi connectivity index (χ1n) is 7.62. The van der Waals surface area contributed by atoms with Gasteiger partial charge in [-0.15, -0.1) is 0 Å². The lowest BCUT2D eigenvalue weighted by molar-refractivity contribution is 0.0708. The molecule has 5 nitrogen and oxygen atoms in total. The smallest absolute Gasteiger partial charge is 0.257 e. The maximum Gasteiger partial charge on any atom is 0.257 e. The molecule has 2 atom stereocenters. The molecule has 0 bridgehead atoms. The molecular weight excluding hydrogens is 268 g/mol. The molecule has 0 saturated carbocycles. The predicted octanol–water partition coefficient (Wildman–Crippen LogP) is 1.76. The van der Waals surface area contributed by atoms with E-state index in [1.165, 1.54) is 12.5 Å². The van der Waals surface area contributed by atoms with Gasteiger partial charge in [-0.2, -0.15) is 0 Å². The third-order valence-electron chi connectivity index (χ3n) is 4.56. The Bertz CT molecular complexity index is 526. The lowest BCUT2D eigenvalue weighted by Gasteiger charge is -2.29. The van der Waals surface area contributed by atoms with E-state index in [0.717, 1.165) is 32.4 Å². The van der Waals surface area contributed by atoms with Crippen molar-refractivity contribution in [2.75, 3.05) is 20.2 Å². The number of amides is 1. The number of phenols is 1. The lowest BCUT2D eigenvalue weighted by atomic mass is 10.0. The summed E-state index contributed by atoms with van der Waals surface area (Å²) in [7, 11) is 1.54. The van der Waals surface area contributed by atoms with Crippen LogP contribution in [-0.4, -0.2) is 48.2 Å². The van der Waals surface area contributed by atoms with Crippen molar-refractivity contribution in [1.29, 1.82) is 0 Å². The molecule has 1 amide bonds. The van der Waals surface area contributed by atoms with Gasteiger partial charge in [-0.1, -0.05) is 0 Å². The number of methoxy groups -OCH3 is 1. The fraction of sp³-hybridized carbons (Fsp3) is 0.562. The van der Waals surface area contributed by atoms with Crippen LogP contribution in [0.2, 0.25) is 0 Å². The van der Waals surface area contributed by atoms with Crippen LogP contribution in [0.15, 0.2) is 18.2 Å². The van der Waals surface area contributed by atoms with E-state index in [-0.39, 0.29) is 17.7 Å². The molecule has 0 spiro atoms. The van der Waals surface area contributed by atoms with Crippen LogP contribution in [0.3, 0.4) is 0 Å². The first-order chi connectivity index (χ1) is 10.2. The predicted molar refractivity (Wildman–Crippen MR) is 79.7 cm³/mol. The molecular formula is C16H22N2O3. The highest BCUT2D eigenvalue weighted by Crippen LogP contribution is 2.30. The molecule has 2 fully saturated rings. The van der Waals surface area contributed by atoms with Gasteiger partial charge in [0.05, 0.1) is 12.7 Å². The number of aromatic hydroxyl groups is 1. The van der Waals surface area contributed by atoms with Gasteiger partial charge < -0.3 is 20.1 Å². The standard InChI is InChI=1S/C16H22N2O3/c1-21-11-6-7-12(15(19)10-11)16(20)18-9-3-5-14(18)13-4-2-8-17-13/h6-7,10,13-14,17,19H,2-5,8-9H2,1H3. The monoisotopic (exact) mass is 290 g/mol. The van der Waals surface area contributed by atoms with Gasteiger partial charge in [-0.05, 0) is 44.4 Å². The number of nitrogens with one attached hydrogen (secondary N) is 1. The number of rotatable bonds is 3. The SMILES string of the molecule is COc1ccc(C(=O)N2CCCC2C2CCCN2)c(O)c1. The molecule has 2 aliphatic heterocycles. The number of phenolic OH excluding ortho intramolecular Hbond substituents is 1. The van der Waals surface area contributed by atoms with Crippen LogP contribution >= 0.6 is 0 Å². The highest BCUT2D eigenvalue weighted by atomic mass is 16.5. The summed E-state index contributed by atoms with van der Waals surface area (Å²) in [6, 6.07) is 5.50. The highest BCUT2D eigenvalue weighted by Gasteiger charge is 2.36. The van der Waals surface area contributed by atoms with Crippen LogP contribution in [0.4, 0.5) is 0 Å². The van der Waals surface area contributed by atoms with Gasteiger partial charge in [0, 0.05) is 24.7 Å². The van der Waals surface area contributed by atoms with Gasteiger partial charge in [0.2, 0.25) is 0 Å². The fourth-order valence-corrected chi connectivity index (χ4v) is 3.48. The second-order valence-corrected chi connectivity index (χ2v) is 5.79. The Kier molecular flexibility index (Phi) is 4.01. The second kappa shape index (κ2) is 5.93. The summed E-state index contributed by atoms with van der Waals surface area (Å²) in [6.07, 6.45) is 4.38. The zero-order chi connectivity index (χ0) is 14.8. The number of nitrogens with zero attached hydrogens (tertiary/aromatic N) is 1. The first kappa shape index (κ1) is 14.2. The molecule has 3 rings (SSSR count). The number of hydrogen-bond acceptors (Lipinski definition) is 4. The summed E-state index contributed by atoms with van der Waals surface area (Å²) >= 11 is 0. The summed E-state index contributed by atoms with van der Waals surface area (Å²) in [5, 5.41) is 13.6. The molecule has 2 unspecified atom stereocenters. The molecule has 2 N–H and O–H groups in total. The van der Waals surface area contributed by atoms with Gasteiger partial charge >= 0.3 is 0 Å². The Morgan fingerprint density at radius 3 is 2.90 bits per heavy atom. The normalized spacial score (nSPS) is 25.3. The van der Waals surface area contributed by atoms with E-state index in [4.69, 9.17) is 4.74 Å². The minimum atomic E-state index is -0.0775. The van der Waals surface area contributed by atoms with Crippen molar-refractivity contribution in [1.82, 2.24) is 10.2 Å². The lowest BCUT2D eigenvalue weighted by Crippen LogP contribution is -2.46. The maximum atomic E-state index is 12.7. The van der Waals surface area contributed by atoms with E-state index < -0.39 is 0 Å². The summed E-state index contributed by atoms with van der Waals surface area (Å²) in [6.45, 7) is 1.81. The van der Waals surface area contributed by atoms with E-state index in [0.29, 0.717) is 17.4 Å². The summed E-state index contributed by atoms with van der Waals surface area (Å²) < 4.78 is 5.06. The Labute approximate surface area is 124 Å². The van der Waals surface area contributed by atoms with E-state index in [1.807, 2.05) is 4.90 Å². The van der Waals surface area contributed by atoms with Gasteiger partial charge in [-0.3, -0.25) is 4.79 Å². The third-order valence-corrected chi connectivity index (χ3v) is 4.56. The Morgan fingerprint density at radius 1 is 1.38 bits per heavy atom. The van der Waals surface area contributed by atoms with Crippen molar-refractivity contribution in [3.63, 3.8) is 0 Å². The largest absolute Gasteiger partial charge is 0.507 e. The molecule has 21 heavy (non-hydrogen) atoms. The molecule has 1 aromatic rings. The molecule has 114 valence electrons.